The van der Waals surface area contributed by atoms with Gasteiger partial charge in [0.2, 0.25) is 0 Å². The highest BCUT2D eigenvalue weighted by atomic mass is 32.2. The molecule has 4 heteroatoms. The second kappa shape index (κ2) is 7.04. The molecule has 100 valence electrons. The van der Waals surface area contributed by atoms with Crippen molar-refractivity contribution in [3.8, 4) is 5.75 Å². The van der Waals surface area contributed by atoms with E-state index in [9.17, 15) is 5.21 Å². The zero-order valence-corrected chi connectivity index (χ0v) is 11.7. The van der Waals surface area contributed by atoms with Gasteiger partial charge in [-0.25, -0.2) is 0 Å². The third-order valence-corrected chi connectivity index (χ3v) is 3.78. The quantitative estimate of drug-likeness (QED) is 0.351. The van der Waals surface area contributed by atoms with Gasteiger partial charge in [-0.15, -0.1) is 0 Å². The molecule has 2 rings (SSSR count). The molecule has 0 radical (unpaired) electrons. The predicted octanol–water partition coefficient (Wildman–Crippen LogP) is 3.19. The van der Waals surface area contributed by atoms with Crippen LogP contribution < -0.4 is 9.47 Å². The van der Waals surface area contributed by atoms with Gasteiger partial charge in [0.05, 0.1) is 6.61 Å². The molecular weight excluding hydrogens is 258 g/mol. The monoisotopic (exact) mass is 275 g/mol. The van der Waals surface area contributed by atoms with E-state index in [1.165, 1.54) is 6.20 Å². The largest absolute Gasteiger partial charge is 0.618 e. The summed E-state index contributed by atoms with van der Waals surface area (Å²) in [5.74, 6) is 1.81. The second-order valence-corrected chi connectivity index (χ2v) is 5.30. The first-order valence-electron chi connectivity index (χ1n) is 6.27. The Labute approximate surface area is 117 Å². The Balaban J connectivity index is 1.71. The molecule has 19 heavy (non-hydrogen) atoms. The standard InChI is InChI=1S/C15H17NO2S/c1-13-7-2-3-8-14(13)18-11-6-12-19-15-9-4-5-10-16(15)17/h2-5,7-10H,6,11-12H2,1H3. The lowest BCUT2D eigenvalue weighted by atomic mass is 10.2. The van der Waals surface area contributed by atoms with Crippen LogP contribution in [0.3, 0.4) is 0 Å². The van der Waals surface area contributed by atoms with Crippen LogP contribution in [0.4, 0.5) is 0 Å². The molecule has 0 saturated heterocycles. The number of ether oxygens (including phenoxy) is 1. The number of aryl methyl sites for hydroxylation is 1. The van der Waals surface area contributed by atoms with E-state index >= 15 is 0 Å². The van der Waals surface area contributed by atoms with Gasteiger partial charge in [-0.3, -0.25) is 0 Å². The highest BCUT2D eigenvalue weighted by molar-refractivity contribution is 7.99. The van der Waals surface area contributed by atoms with Gasteiger partial charge in [-0.05, 0) is 31.0 Å². The van der Waals surface area contributed by atoms with E-state index in [1.54, 1.807) is 17.8 Å². The lowest BCUT2D eigenvalue weighted by molar-refractivity contribution is -0.645. The molecule has 0 amide bonds. The SMILES string of the molecule is Cc1ccccc1OCCCSc1cccc[n+]1[O-]. The Morgan fingerprint density at radius 3 is 2.74 bits per heavy atom. The molecule has 0 fully saturated rings. The second-order valence-electron chi connectivity index (χ2n) is 4.18. The van der Waals surface area contributed by atoms with Crippen molar-refractivity contribution in [3.05, 3.63) is 59.4 Å². The van der Waals surface area contributed by atoms with Gasteiger partial charge in [-0.1, -0.05) is 30.0 Å². The van der Waals surface area contributed by atoms with Crippen molar-refractivity contribution in [2.75, 3.05) is 12.4 Å². The van der Waals surface area contributed by atoms with Gasteiger partial charge in [0.15, 0.2) is 6.20 Å². The average molecular weight is 275 g/mol. The van der Waals surface area contributed by atoms with Crippen molar-refractivity contribution in [2.45, 2.75) is 18.4 Å². The third-order valence-electron chi connectivity index (χ3n) is 2.68. The number of benzene rings is 1. The number of nitrogens with zero attached hydrogens (tertiary/aromatic N) is 1. The fourth-order valence-electron chi connectivity index (χ4n) is 1.66. The number of thioether (sulfide) groups is 1. The van der Waals surface area contributed by atoms with E-state index in [0.717, 1.165) is 33.2 Å². The number of para-hydroxylation sites is 1. The van der Waals surface area contributed by atoms with Gasteiger partial charge in [0.25, 0.3) is 5.03 Å². The average Bonchev–Trinajstić information content (AvgIpc) is 2.42. The summed E-state index contributed by atoms with van der Waals surface area (Å²) in [7, 11) is 0. The Hall–Kier alpha value is -1.68. The molecule has 0 atom stereocenters. The zero-order chi connectivity index (χ0) is 13.5. The van der Waals surface area contributed by atoms with Crippen LogP contribution in [-0.4, -0.2) is 12.4 Å². The summed E-state index contributed by atoms with van der Waals surface area (Å²) >= 11 is 1.56. The molecule has 3 nitrogen and oxygen atoms in total. The van der Waals surface area contributed by atoms with Crippen LogP contribution in [0.5, 0.6) is 5.75 Å². The summed E-state index contributed by atoms with van der Waals surface area (Å²) in [6.45, 7) is 2.71. The van der Waals surface area contributed by atoms with E-state index in [0.29, 0.717) is 6.61 Å². The van der Waals surface area contributed by atoms with Crippen LogP contribution in [0, 0.1) is 12.1 Å². The molecule has 0 bridgehead atoms. The van der Waals surface area contributed by atoms with Gasteiger partial charge in [0.1, 0.15) is 5.75 Å². The van der Waals surface area contributed by atoms with Crippen molar-refractivity contribution >= 4 is 11.8 Å². The van der Waals surface area contributed by atoms with E-state index in [-0.39, 0.29) is 0 Å². The first-order valence-corrected chi connectivity index (χ1v) is 7.25. The number of aromatic nitrogens is 1. The Morgan fingerprint density at radius 1 is 1.16 bits per heavy atom. The van der Waals surface area contributed by atoms with Crippen molar-refractivity contribution < 1.29 is 9.47 Å². The smallest absolute Gasteiger partial charge is 0.251 e. The molecule has 0 aliphatic heterocycles. The summed E-state index contributed by atoms with van der Waals surface area (Å²) in [6.07, 6.45) is 2.43. The highest BCUT2D eigenvalue weighted by Crippen LogP contribution is 2.17. The topological polar surface area (TPSA) is 36.2 Å². The minimum Gasteiger partial charge on any atom is -0.618 e. The van der Waals surface area contributed by atoms with E-state index in [1.807, 2.05) is 43.3 Å². The summed E-state index contributed by atoms with van der Waals surface area (Å²) in [5, 5.41) is 12.1. The van der Waals surface area contributed by atoms with Crippen LogP contribution in [0.1, 0.15) is 12.0 Å². The van der Waals surface area contributed by atoms with Crippen molar-refractivity contribution in [1.82, 2.24) is 0 Å². The Kier molecular flexibility index (Phi) is 5.10. The van der Waals surface area contributed by atoms with Crippen molar-refractivity contribution in [1.29, 1.82) is 0 Å². The summed E-state index contributed by atoms with van der Waals surface area (Å²) in [4.78, 5) is 0. The summed E-state index contributed by atoms with van der Waals surface area (Å²) < 4.78 is 6.60. The van der Waals surface area contributed by atoms with Crippen molar-refractivity contribution in [3.63, 3.8) is 0 Å². The summed E-state index contributed by atoms with van der Waals surface area (Å²) in [5.41, 5.74) is 1.15. The summed E-state index contributed by atoms with van der Waals surface area (Å²) in [6, 6.07) is 13.4. The molecule has 1 aromatic carbocycles. The van der Waals surface area contributed by atoms with Crippen molar-refractivity contribution in [2.24, 2.45) is 0 Å². The zero-order valence-electron chi connectivity index (χ0n) is 10.9. The Bertz CT molecular complexity index is 484. The van der Waals surface area contributed by atoms with Crippen LogP contribution in [-0.2, 0) is 0 Å². The van der Waals surface area contributed by atoms with E-state index in [2.05, 4.69) is 0 Å². The molecule has 0 N–H and O–H groups in total. The van der Waals surface area contributed by atoms with E-state index < -0.39 is 0 Å². The van der Waals surface area contributed by atoms with Crippen LogP contribution in [0.25, 0.3) is 0 Å². The van der Waals surface area contributed by atoms with Crippen LogP contribution in [0.2, 0.25) is 0 Å². The number of hydrogen-bond donors (Lipinski definition) is 0. The maximum Gasteiger partial charge on any atom is 0.251 e. The molecule has 0 aliphatic carbocycles. The lowest BCUT2D eigenvalue weighted by Gasteiger charge is -2.08. The molecule has 0 aliphatic rings. The number of rotatable bonds is 6. The predicted molar refractivity (Wildman–Crippen MR) is 77.4 cm³/mol. The maximum atomic E-state index is 11.4. The highest BCUT2D eigenvalue weighted by Gasteiger charge is 2.04. The molecular formula is C15H17NO2S. The minimum atomic E-state index is 0.670. The van der Waals surface area contributed by atoms with Gasteiger partial charge in [0, 0.05) is 17.9 Å². The molecule has 0 saturated carbocycles. The minimum absolute atomic E-state index is 0.670. The third kappa shape index (κ3) is 4.17. The molecule has 2 aromatic rings. The van der Waals surface area contributed by atoms with Crippen LogP contribution >= 0.6 is 11.8 Å². The number of pyridine rings is 1. The number of hydrogen-bond acceptors (Lipinski definition) is 3. The van der Waals surface area contributed by atoms with Gasteiger partial charge in [-0.2, -0.15) is 4.73 Å². The Morgan fingerprint density at radius 2 is 1.95 bits per heavy atom. The maximum absolute atomic E-state index is 11.4. The van der Waals surface area contributed by atoms with Crippen LogP contribution in [0.15, 0.2) is 53.7 Å². The van der Waals surface area contributed by atoms with Gasteiger partial charge < -0.3 is 9.94 Å². The fourth-order valence-corrected chi connectivity index (χ4v) is 2.49. The van der Waals surface area contributed by atoms with Gasteiger partial charge >= 0.3 is 0 Å². The normalized spacial score (nSPS) is 10.4. The lowest BCUT2D eigenvalue weighted by Crippen LogP contribution is -2.27. The fraction of sp³-hybridized carbons (Fsp3) is 0.267. The first-order chi connectivity index (χ1) is 9.27. The molecule has 0 spiro atoms. The molecule has 1 heterocycles. The molecule has 0 unspecified atom stereocenters. The van der Waals surface area contributed by atoms with E-state index in [4.69, 9.17) is 4.74 Å². The first kappa shape index (κ1) is 13.7. The molecule has 1 aromatic heterocycles.